The number of rotatable bonds is 6. The van der Waals surface area contributed by atoms with Gasteiger partial charge in [-0.3, -0.25) is 4.98 Å². The lowest BCUT2D eigenvalue weighted by atomic mass is 10.1. The van der Waals surface area contributed by atoms with E-state index in [9.17, 15) is 0 Å². The van der Waals surface area contributed by atoms with Gasteiger partial charge < -0.3 is 14.5 Å². The number of H-pyrrole nitrogens is 1. The van der Waals surface area contributed by atoms with Gasteiger partial charge in [0.15, 0.2) is 0 Å². The first-order valence-electron chi connectivity index (χ1n) is 9.03. The molecule has 1 aromatic carbocycles. The van der Waals surface area contributed by atoms with Crippen LogP contribution in [0.5, 0.6) is 11.5 Å². The predicted molar refractivity (Wildman–Crippen MR) is 112 cm³/mol. The standard InChI is InChI=1S/C22H19ClN4O2/c1-14-4-3-5-16(26-14)13-29-17-7-8-18(20(10-17)28-2)19-12-25-22(27-19)15-6-9-21(23)24-11-15/h3-12H,13H2,1-2H3,(H,25,27). The van der Waals surface area contributed by atoms with Crippen LogP contribution in [0.3, 0.4) is 0 Å². The van der Waals surface area contributed by atoms with E-state index in [1.165, 1.54) is 0 Å². The molecule has 0 aliphatic rings. The van der Waals surface area contributed by atoms with Gasteiger partial charge in [0.2, 0.25) is 0 Å². The van der Waals surface area contributed by atoms with Gasteiger partial charge >= 0.3 is 0 Å². The number of hydrogen-bond donors (Lipinski definition) is 1. The maximum absolute atomic E-state index is 5.88. The van der Waals surface area contributed by atoms with Crippen molar-refractivity contribution in [3.63, 3.8) is 0 Å². The van der Waals surface area contributed by atoms with Crippen molar-refractivity contribution in [1.82, 2.24) is 19.9 Å². The van der Waals surface area contributed by atoms with Crippen molar-refractivity contribution in [1.29, 1.82) is 0 Å². The van der Waals surface area contributed by atoms with Crippen LogP contribution in [0.2, 0.25) is 5.15 Å². The van der Waals surface area contributed by atoms with Gasteiger partial charge in [0, 0.05) is 29.1 Å². The average Bonchev–Trinajstić information content (AvgIpc) is 3.22. The topological polar surface area (TPSA) is 72.9 Å². The Balaban J connectivity index is 1.54. The fourth-order valence-corrected chi connectivity index (χ4v) is 3.05. The third kappa shape index (κ3) is 4.38. The van der Waals surface area contributed by atoms with E-state index in [1.54, 1.807) is 25.6 Å². The van der Waals surface area contributed by atoms with Crippen LogP contribution in [0, 0.1) is 6.92 Å². The number of ether oxygens (including phenoxy) is 2. The van der Waals surface area contributed by atoms with E-state index in [1.807, 2.05) is 49.4 Å². The van der Waals surface area contributed by atoms with Crippen LogP contribution in [0.15, 0.2) is 60.9 Å². The summed E-state index contributed by atoms with van der Waals surface area (Å²) in [6, 6.07) is 15.2. The maximum Gasteiger partial charge on any atom is 0.139 e. The molecule has 6 nitrogen and oxygen atoms in total. The van der Waals surface area contributed by atoms with E-state index >= 15 is 0 Å². The number of benzene rings is 1. The molecule has 0 unspecified atom stereocenters. The Morgan fingerprint density at radius 3 is 2.69 bits per heavy atom. The molecule has 0 aliphatic carbocycles. The van der Waals surface area contributed by atoms with E-state index in [0.717, 1.165) is 28.2 Å². The molecule has 1 N–H and O–H groups in total. The average molecular weight is 407 g/mol. The van der Waals surface area contributed by atoms with Gasteiger partial charge in [0.25, 0.3) is 0 Å². The third-order valence-corrected chi connectivity index (χ3v) is 4.60. The lowest BCUT2D eigenvalue weighted by Crippen LogP contribution is -1.99. The summed E-state index contributed by atoms with van der Waals surface area (Å²) in [6.07, 6.45) is 3.44. The van der Waals surface area contributed by atoms with Gasteiger partial charge in [-0.1, -0.05) is 17.7 Å². The summed E-state index contributed by atoms with van der Waals surface area (Å²) in [5, 5.41) is 0.443. The maximum atomic E-state index is 5.88. The highest BCUT2D eigenvalue weighted by Gasteiger charge is 2.12. The van der Waals surface area contributed by atoms with Crippen LogP contribution >= 0.6 is 11.6 Å². The van der Waals surface area contributed by atoms with Gasteiger partial charge in [0.1, 0.15) is 29.1 Å². The first-order valence-corrected chi connectivity index (χ1v) is 9.41. The Hall–Kier alpha value is -3.38. The van der Waals surface area contributed by atoms with Crippen LogP contribution in [0.1, 0.15) is 11.4 Å². The van der Waals surface area contributed by atoms with Crippen molar-refractivity contribution < 1.29 is 9.47 Å². The second kappa shape index (κ2) is 8.32. The van der Waals surface area contributed by atoms with Gasteiger partial charge in [-0.15, -0.1) is 0 Å². The molecule has 7 heteroatoms. The van der Waals surface area contributed by atoms with Crippen molar-refractivity contribution in [3.05, 3.63) is 77.5 Å². The molecule has 4 rings (SSSR count). The molecule has 0 saturated heterocycles. The molecule has 0 spiro atoms. The van der Waals surface area contributed by atoms with Crippen molar-refractivity contribution in [2.75, 3.05) is 7.11 Å². The van der Waals surface area contributed by atoms with Crippen LogP contribution in [-0.2, 0) is 6.61 Å². The summed E-state index contributed by atoms with van der Waals surface area (Å²) in [4.78, 5) is 16.3. The zero-order valence-corrected chi connectivity index (χ0v) is 16.8. The van der Waals surface area contributed by atoms with Crippen molar-refractivity contribution in [2.24, 2.45) is 0 Å². The molecule has 146 valence electrons. The summed E-state index contributed by atoms with van der Waals surface area (Å²) in [5.41, 5.74) is 4.41. The Bertz CT molecular complexity index is 1130. The Morgan fingerprint density at radius 2 is 1.93 bits per heavy atom. The highest BCUT2D eigenvalue weighted by atomic mass is 35.5. The molecule has 0 radical (unpaired) electrons. The lowest BCUT2D eigenvalue weighted by Gasteiger charge is -2.11. The Labute approximate surface area is 173 Å². The molecule has 3 aromatic heterocycles. The summed E-state index contributed by atoms with van der Waals surface area (Å²) in [5.74, 6) is 2.09. The highest BCUT2D eigenvalue weighted by molar-refractivity contribution is 6.29. The smallest absolute Gasteiger partial charge is 0.139 e. The number of aromatic nitrogens is 4. The van der Waals surface area contributed by atoms with Crippen LogP contribution in [0.4, 0.5) is 0 Å². The summed E-state index contributed by atoms with van der Waals surface area (Å²) < 4.78 is 11.4. The summed E-state index contributed by atoms with van der Waals surface area (Å²) >= 11 is 5.85. The van der Waals surface area contributed by atoms with Crippen LogP contribution in [0.25, 0.3) is 22.6 Å². The van der Waals surface area contributed by atoms with E-state index in [0.29, 0.717) is 29.1 Å². The fourth-order valence-electron chi connectivity index (χ4n) is 2.94. The van der Waals surface area contributed by atoms with E-state index in [2.05, 4.69) is 19.9 Å². The largest absolute Gasteiger partial charge is 0.496 e. The van der Waals surface area contributed by atoms with Crippen molar-refractivity contribution in [3.8, 4) is 34.1 Å². The van der Waals surface area contributed by atoms with Crippen molar-refractivity contribution >= 4 is 11.6 Å². The summed E-state index contributed by atoms with van der Waals surface area (Å²) in [7, 11) is 1.63. The number of hydrogen-bond acceptors (Lipinski definition) is 5. The number of nitrogens with one attached hydrogen (secondary N) is 1. The Kier molecular flexibility index (Phi) is 5.44. The van der Waals surface area contributed by atoms with Gasteiger partial charge in [-0.25, -0.2) is 9.97 Å². The first kappa shape index (κ1) is 19.0. The second-order valence-electron chi connectivity index (χ2n) is 6.44. The van der Waals surface area contributed by atoms with E-state index < -0.39 is 0 Å². The monoisotopic (exact) mass is 406 g/mol. The highest BCUT2D eigenvalue weighted by Crippen LogP contribution is 2.33. The molecule has 3 heterocycles. The lowest BCUT2D eigenvalue weighted by molar-refractivity contribution is 0.299. The molecular formula is C22H19ClN4O2. The number of pyridine rings is 2. The van der Waals surface area contributed by atoms with E-state index in [-0.39, 0.29) is 0 Å². The molecular weight excluding hydrogens is 388 g/mol. The minimum atomic E-state index is 0.391. The third-order valence-electron chi connectivity index (χ3n) is 4.37. The van der Waals surface area contributed by atoms with Gasteiger partial charge in [-0.05, 0) is 43.3 Å². The number of methoxy groups -OCH3 is 1. The van der Waals surface area contributed by atoms with Crippen LogP contribution in [-0.4, -0.2) is 27.0 Å². The van der Waals surface area contributed by atoms with Crippen LogP contribution < -0.4 is 9.47 Å². The Morgan fingerprint density at radius 1 is 1.03 bits per heavy atom. The molecule has 29 heavy (non-hydrogen) atoms. The summed E-state index contributed by atoms with van der Waals surface area (Å²) in [6.45, 7) is 2.35. The SMILES string of the molecule is COc1cc(OCc2cccc(C)n2)ccc1-c1cnc(-c2ccc(Cl)nc2)[nH]1. The number of halogens is 1. The number of aryl methyl sites for hydroxylation is 1. The molecule has 0 bridgehead atoms. The molecule has 0 saturated carbocycles. The molecule has 0 aliphatic heterocycles. The predicted octanol–water partition coefficient (Wildman–Crippen LogP) is 5.08. The minimum Gasteiger partial charge on any atom is -0.496 e. The van der Waals surface area contributed by atoms with Gasteiger partial charge in [-0.2, -0.15) is 0 Å². The zero-order chi connectivity index (χ0) is 20.2. The second-order valence-corrected chi connectivity index (χ2v) is 6.82. The molecule has 0 atom stereocenters. The molecule has 0 fully saturated rings. The fraction of sp³-hybridized carbons (Fsp3) is 0.136. The number of imidazole rings is 1. The van der Waals surface area contributed by atoms with Gasteiger partial charge in [0.05, 0.1) is 24.7 Å². The number of nitrogens with zero attached hydrogens (tertiary/aromatic N) is 3. The normalized spacial score (nSPS) is 10.7. The number of aromatic amines is 1. The quantitative estimate of drug-likeness (QED) is 0.452. The molecule has 0 amide bonds. The minimum absolute atomic E-state index is 0.391. The van der Waals surface area contributed by atoms with E-state index in [4.69, 9.17) is 21.1 Å². The zero-order valence-electron chi connectivity index (χ0n) is 16.0. The molecule has 4 aromatic rings. The first-order chi connectivity index (χ1) is 14.1. The van der Waals surface area contributed by atoms with Crippen molar-refractivity contribution in [2.45, 2.75) is 13.5 Å².